The van der Waals surface area contributed by atoms with Crippen LogP contribution in [-0.4, -0.2) is 21.7 Å². The van der Waals surface area contributed by atoms with E-state index in [0.29, 0.717) is 12.0 Å². The number of benzene rings is 1. The predicted molar refractivity (Wildman–Crippen MR) is 102 cm³/mol. The van der Waals surface area contributed by atoms with E-state index in [-0.39, 0.29) is 5.91 Å². The van der Waals surface area contributed by atoms with Gasteiger partial charge >= 0.3 is 0 Å². The fourth-order valence-electron chi connectivity index (χ4n) is 3.64. The predicted octanol–water partition coefficient (Wildman–Crippen LogP) is 4.20. The van der Waals surface area contributed by atoms with E-state index in [4.69, 9.17) is 0 Å². The summed E-state index contributed by atoms with van der Waals surface area (Å²) in [6.45, 7) is 6.24. The third kappa shape index (κ3) is 4.01. The minimum absolute atomic E-state index is 0.00925. The average Bonchev–Trinajstić information content (AvgIpc) is 2.90. The van der Waals surface area contributed by atoms with E-state index < -0.39 is 0 Å². The van der Waals surface area contributed by atoms with Crippen molar-refractivity contribution in [1.29, 1.82) is 0 Å². The maximum Gasteiger partial charge on any atom is 0.244 e. The summed E-state index contributed by atoms with van der Waals surface area (Å²) < 4.78 is 1.93. The van der Waals surface area contributed by atoms with Crippen molar-refractivity contribution in [2.45, 2.75) is 52.5 Å². The summed E-state index contributed by atoms with van der Waals surface area (Å²) in [5, 5.41) is 7.78. The van der Waals surface area contributed by atoms with Gasteiger partial charge in [0, 0.05) is 23.4 Å². The van der Waals surface area contributed by atoms with E-state index in [2.05, 4.69) is 17.3 Å². The topological polar surface area (TPSA) is 46.9 Å². The second-order valence-electron chi connectivity index (χ2n) is 7.04. The Labute approximate surface area is 149 Å². The molecular formula is C21H27N3O. The molecule has 1 aliphatic carbocycles. The van der Waals surface area contributed by atoms with Crippen LogP contribution in [0.15, 0.2) is 36.4 Å². The van der Waals surface area contributed by atoms with Gasteiger partial charge in [0.2, 0.25) is 5.91 Å². The maximum atomic E-state index is 12.3. The number of para-hydroxylation sites is 1. The molecule has 0 bridgehead atoms. The van der Waals surface area contributed by atoms with Crippen LogP contribution in [0.25, 0.3) is 11.8 Å². The molecule has 1 aliphatic rings. The van der Waals surface area contributed by atoms with Crippen molar-refractivity contribution < 1.29 is 4.79 Å². The average molecular weight is 337 g/mol. The van der Waals surface area contributed by atoms with Gasteiger partial charge in [-0.3, -0.25) is 4.79 Å². The first kappa shape index (κ1) is 17.5. The lowest BCUT2D eigenvalue weighted by Gasteiger charge is -2.29. The summed E-state index contributed by atoms with van der Waals surface area (Å²) in [5.74, 6) is 0.556. The van der Waals surface area contributed by atoms with E-state index in [9.17, 15) is 4.79 Å². The third-order valence-electron chi connectivity index (χ3n) is 5.19. The molecule has 2 unspecified atom stereocenters. The molecule has 0 saturated heterocycles. The molecule has 2 aromatic rings. The van der Waals surface area contributed by atoms with Crippen LogP contribution in [0.5, 0.6) is 0 Å². The Morgan fingerprint density at radius 2 is 1.92 bits per heavy atom. The fraction of sp³-hybridized carbons (Fsp3) is 0.429. The fourth-order valence-corrected chi connectivity index (χ4v) is 3.64. The molecule has 1 heterocycles. The van der Waals surface area contributed by atoms with Crippen molar-refractivity contribution in [3.05, 3.63) is 53.4 Å². The minimum atomic E-state index is -0.00925. The number of aromatic nitrogens is 2. The van der Waals surface area contributed by atoms with Gasteiger partial charge in [-0.25, -0.2) is 4.68 Å². The first-order chi connectivity index (χ1) is 12.1. The molecule has 1 fully saturated rings. The number of amides is 1. The van der Waals surface area contributed by atoms with Crippen LogP contribution in [0.1, 0.15) is 49.6 Å². The molecule has 132 valence electrons. The smallest absolute Gasteiger partial charge is 0.244 e. The molecule has 3 rings (SSSR count). The molecule has 1 aromatic carbocycles. The zero-order valence-corrected chi connectivity index (χ0v) is 15.3. The first-order valence-electron chi connectivity index (χ1n) is 9.16. The van der Waals surface area contributed by atoms with Crippen LogP contribution in [0.4, 0.5) is 0 Å². The van der Waals surface area contributed by atoms with Crippen molar-refractivity contribution in [2.24, 2.45) is 5.92 Å². The van der Waals surface area contributed by atoms with Gasteiger partial charge in [-0.1, -0.05) is 38.0 Å². The second-order valence-corrected chi connectivity index (χ2v) is 7.04. The quantitative estimate of drug-likeness (QED) is 0.850. The lowest BCUT2D eigenvalue weighted by Crippen LogP contribution is -2.40. The molecule has 1 saturated carbocycles. The zero-order valence-electron chi connectivity index (χ0n) is 15.3. The van der Waals surface area contributed by atoms with E-state index in [1.54, 1.807) is 6.08 Å². The lowest BCUT2D eigenvalue weighted by atomic mass is 9.86. The molecule has 0 aliphatic heterocycles. The van der Waals surface area contributed by atoms with Crippen LogP contribution in [0.2, 0.25) is 0 Å². The van der Waals surface area contributed by atoms with Gasteiger partial charge in [-0.2, -0.15) is 5.10 Å². The van der Waals surface area contributed by atoms with Gasteiger partial charge in [0.15, 0.2) is 0 Å². The van der Waals surface area contributed by atoms with E-state index in [1.165, 1.54) is 19.3 Å². The molecule has 1 aromatic heterocycles. The highest BCUT2D eigenvalue weighted by atomic mass is 16.1. The lowest BCUT2D eigenvalue weighted by molar-refractivity contribution is -0.117. The standard InChI is InChI=1S/C21H27N3O/c1-15-9-7-8-12-20(15)22-21(25)14-13-19-16(2)23-24(17(19)3)18-10-5-4-6-11-18/h4-6,10-11,13-15,20H,7-9,12H2,1-3H3,(H,22,25)/b14-13+. The number of carbonyl (C=O) groups excluding carboxylic acids is 1. The molecule has 1 N–H and O–H groups in total. The highest BCUT2D eigenvalue weighted by Crippen LogP contribution is 2.24. The molecule has 1 amide bonds. The number of hydrogen-bond donors (Lipinski definition) is 1. The Hall–Kier alpha value is -2.36. The van der Waals surface area contributed by atoms with Crippen LogP contribution in [-0.2, 0) is 4.79 Å². The second kappa shape index (κ2) is 7.68. The summed E-state index contributed by atoms with van der Waals surface area (Å²) in [6, 6.07) is 10.4. The Balaban J connectivity index is 1.73. The van der Waals surface area contributed by atoms with Crippen molar-refractivity contribution in [3.63, 3.8) is 0 Å². The van der Waals surface area contributed by atoms with Gasteiger partial charge in [0.05, 0.1) is 11.4 Å². The molecule has 4 nitrogen and oxygen atoms in total. The van der Waals surface area contributed by atoms with Crippen LogP contribution in [0, 0.1) is 19.8 Å². The van der Waals surface area contributed by atoms with Crippen LogP contribution in [0.3, 0.4) is 0 Å². The molecular weight excluding hydrogens is 310 g/mol. The monoisotopic (exact) mass is 337 g/mol. The van der Waals surface area contributed by atoms with Gasteiger partial charge < -0.3 is 5.32 Å². The van der Waals surface area contributed by atoms with E-state index >= 15 is 0 Å². The van der Waals surface area contributed by atoms with Crippen molar-refractivity contribution >= 4 is 12.0 Å². The van der Waals surface area contributed by atoms with Gasteiger partial charge in [0.1, 0.15) is 0 Å². The number of nitrogens with one attached hydrogen (secondary N) is 1. The minimum Gasteiger partial charge on any atom is -0.350 e. The molecule has 4 heteroatoms. The number of hydrogen-bond acceptors (Lipinski definition) is 2. The van der Waals surface area contributed by atoms with Gasteiger partial charge in [-0.15, -0.1) is 0 Å². The number of carbonyl (C=O) groups is 1. The molecule has 0 radical (unpaired) electrons. The summed E-state index contributed by atoms with van der Waals surface area (Å²) in [4.78, 5) is 12.3. The third-order valence-corrected chi connectivity index (χ3v) is 5.19. The Morgan fingerprint density at radius 3 is 2.64 bits per heavy atom. The number of rotatable bonds is 4. The van der Waals surface area contributed by atoms with Crippen molar-refractivity contribution in [3.8, 4) is 5.69 Å². The van der Waals surface area contributed by atoms with Crippen LogP contribution < -0.4 is 5.32 Å². The Morgan fingerprint density at radius 1 is 1.20 bits per heavy atom. The normalized spacial score (nSPS) is 20.8. The van der Waals surface area contributed by atoms with E-state index in [1.807, 2.05) is 54.9 Å². The summed E-state index contributed by atoms with van der Waals surface area (Å²) >= 11 is 0. The molecule has 2 atom stereocenters. The van der Waals surface area contributed by atoms with Gasteiger partial charge in [0.25, 0.3) is 0 Å². The first-order valence-corrected chi connectivity index (χ1v) is 9.16. The summed E-state index contributed by atoms with van der Waals surface area (Å²) in [6.07, 6.45) is 8.32. The van der Waals surface area contributed by atoms with Crippen molar-refractivity contribution in [2.75, 3.05) is 0 Å². The summed E-state index contributed by atoms with van der Waals surface area (Å²) in [5.41, 5.74) is 4.01. The SMILES string of the molecule is Cc1nn(-c2ccccc2)c(C)c1/C=C/C(=O)NC1CCCCC1C. The van der Waals surface area contributed by atoms with Crippen LogP contribution >= 0.6 is 0 Å². The Kier molecular flexibility index (Phi) is 5.37. The zero-order chi connectivity index (χ0) is 17.8. The molecule has 0 spiro atoms. The maximum absolute atomic E-state index is 12.3. The van der Waals surface area contributed by atoms with E-state index in [0.717, 1.165) is 29.1 Å². The Bertz CT molecular complexity index is 761. The number of aryl methyl sites for hydroxylation is 1. The largest absolute Gasteiger partial charge is 0.350 e. The summed E-state index contributed by atoms with van der Waals surface area (Å²) in [7, 11) is 0. The molecule has 25 heavy (non-hydrogen) atoms. The van der Waals surface area contributed by atoms with Gasteiger partial charge in [-0.05, 0) is 50.8 Å². The number of nitrogens with zero attached hydrogens (tertiary/aromatic N) is 2. The highest BCUT2D eigenvalue weighted by molar-refractivity contribution is 5.92. The van der Waals surface area contributed by atoms with Crippen molar-refractivity contribution in [1.82, 2.24) is 15.1 Å². The highest BCUT2D eigenvalue weighted by Gasteiger charge is 2.22.